The molecule has 278 valence electrons. The van der Waals surface area contributed by atoms with E-state index in [0.717, 1.165) is 13.3 Å². The highest BCUT2D eigenvalue weighted by Gasteiger charge is 2.51. The molecule has 3 N–H and O–H groups in total. The Labute approximate surface area is 290 Å². The maximum atomic E-state index is 17.2. The molecular formula is C35H32F10N6O. The van der Waals surface area contributed by atoms with Gasteiger partial charge in [-0.2, -0.15) is 45.1 Å². The first kappa shape index (κ1) is 34.9. The van der Waals surface area contributed by atoms with Gasteiger partial charge in [-0.25, -0.2) is 8.78 Å². The topological polar surface area (TPSA) is 79.5 Å². The fourth-order valence-corrected chi connectivity index (χ4v) is 9.26. The molecule has 2 bridgehead atoms. The molecule has 0 radical (unpaired) electrons. The molecule has 5 aliphatic rings. The number of nitrogens with zero attached hydrogens (tertiary/aromatic N) is 4. The lowest BCUT2D eigenvalue weighted by Crippen LogP contribution is -2.58. The van der Waals surface area contributed by atoms with Gasteiger partial charge in [0.05, 0.1) is 27.7 Å². The molecule has 4 atom stereocenters. The molecule has 5 aliphatic heterocycles. The van der Waals surface area contributed by atoms with E-state index >= 15 is 22.0 Å². The van der Waals surface area contributed by atoms with Gasteiger partial charge in [0, 0.05) is 53.5 Å². The molecule has 0 spiro atoms. The van der Waals surface area contributed by atoms with Gasteiger partial charge in [-0.05, 0) is 69.2 Å². The van der Waals surface area contributed by atoms with Gasteiger partial charge in [0.2, 0.25) is 0 Å². The van der Waals surface area contributed by atoms with Crippen LogP contribution in [-0.4, -0.2) is 64.8 Å². The third-order valence-corrected chi connectivity index (χ3v) is 11.4. The van der Waals surface area contributed by atoms with Crippen molar-refractivity contribution >= 4 is 28.0 Å². The van der Waals surface area contributed by atoms with Crippen molar-refractivity contribution in [3.05, 3.63) is 58.2 Å². The Morgan fingerprint density at radius 2 is 1.75 bits per heavy atom. The number of aryl methyl sites for hydroxylation is 1. The van der Waals surface area contributed by atoms with Crippen molar-refractivity contribution in [2.45, 2.75) is 81.5 Å². The molecule has 1 aromatic heterocycles. The number of rotatable bonds is 4. The summed E-state index contributed by atoms with van der Waals surface area (Å²) in [4.78, 5) is 12.3. The van der Waals surface area contributed by atoms with E-state index in [0.29, 0.717) is 31.9 Å². The normalized spacial score (nSPS) is 25.9. The van der Waals surface area contributed by atoms with Gasteiger partial charge in [0.15, 0.2) is 11.6 Å². The monoisotopic (exact) mass is 742 g/mol. The van der Waals surface area contributed by atoms with Crippen LogP contribution in [0.4, 0.5) is 55.4 Å². The minimum atomic E-state index is -5.53. The molecule has 0 amide bonds. The number of alkyl halides is 6. The molecule has 4 fully saturated rings. The number of nitrogens with two attached hydrogens (primary N) is 1. The second kappa shape index (κ2) is 11.7. The molecule has 52 heavy (non-hydrogen) atoms. The number of aromatic nitrogens is 2. The third kappa shape index (κ3) is 5.23. The number of anilines is 2. The molecule has 2 aromatic carbocycles. The summed E-state index contributed by atoms with van der Waals surface area (Å²) in [5, 5.41) is 2.99. The second-order valence-electron chi connectivity index (χ2n) is 14.5. The molecule has 7 nitrogen and oxygen atoms in total. The van der Waals surface area contributed by atoms with Crippen LogP contribution in [0.5, 0.6) is 6.01 Å². The van der Waals surface area contributed by atoms with Gasteiger partial charge < -0.3 is 20.7 Å². The SMILES string of the molecule is C=C1C[C@@H]2C3CC[C@H](CN2c2nc(OC[C@@]45CCCN4CC(=C(F)F)C5)nc4c(F)c(-c5c(F)c(N)cc(C)c5C(F)(F)F)c(C(F)(F)F)c1c24)N3. The van der Waals surface area contributed by atoms with E-state index in [1.807, 2.05) is 4.90 Å². The number of halogens is 10. The average Bonchev–Trinajstić information content (AvgIpc) is 3.72. The van der Waals surface area contributed by atoms with Crippen LogP contribution in [-0.2, 0) is 12.4 Å². The molecule has 6 heterocycles. The zero-order valence-electron chi connectivity index (χ0n) is 27.6. The van der Waals surface area contributed by atoms with Crippen molar-refractivity contribution in [1.82, 2.24) is 20.2 Å². The van der Waals surface area contributed by atoms with Crippen LogP contribution < -0.4 is 20.7 Å². The van der Waals surface area contributed by atoms with Crippen molar-refractivity contribution in [3.8, 4) is 17.1 Å². The van der Waals surface area contributed by atoms with E-state index in [2.05, 4.69) is 21.9 Å². The van der Waals surface area contributed by atoms with Crippen LogP contribution in [0.2, 0.25) is 0 Å². The highest BCUT2D eigenvalue weighted by molar-refractivity contribution is 6.06. The second-order valence-corrected chi connectivity index (χ2v) is 14.5. The largest absolute Gasteiger partial charge is 0.461 e. The average molecular weight is 743 g/mol. The number of piperazine rings is 1. The van der Waals surface area contributed by atoms with Crippen molar-refractivity contribution in [1.29, 1.82) is 0 Å². The van der Waals surface area contributed by atoms with Crippen LogP contribution in [0.1, 0.15) is 60.8 Å². The fourth-order valence-electron chi connectivity index (χ4n) is 9.26. The highest BCUT2D eigenvalue weighted by atomic mass is 19.4. The minimum absolute atomic E-state index is 0.0111. The van der Waals surface area contributed by atoms with Crippen molar-refractivity contribution in [3.63, 3.8) is 0 Å². The van der Waals surface area contributed by atoms with E-state index in [9.17, 15) is 22.0 Å². The zero-order valence-corrected chi connectivity index (χ0v) is 27.6. The quantitative estimate of drug-likeness (QED) is 0.207. The summed E-state index contributed by atoms with van der Waals surface area (Å²) in [6.45, 7) is 5.34. The summed E-state index contributed by atoms with van der Waals surface area (Å²) in [6, 6.07) is -0.782. The first-order valence-electron chi connectivity index (χ1n) is 16.8. The van der Waals surface area contributed by atoms with Crippen LogP contribution in [0.3, 0.4) is 0 Å². The molecular weight excluding hydrogens is 710 g/mol. The summed E-state index contributed by atoms with van der Waals surface area (Å²) in [5.41, 5.74) is -5.75. The van der Waals surface area contributed by atoms with Crippen LogP contribution in [0, 0.1) is 18.6 Å². The van der Waals surface area contributed by atoms with E-state index in [1.165, 1.54) is 0 Å². The summed E-state index contributed by atoms with van der Waals surface area (Å²) in [7, 11) is 0. The first-order chi connectivity index (χ1) is 24.4. The molecule has 8 rings (SSSR count). The Balaban J connectivity index is 1.42. The summed E-state index contributed by atoms with van der Waals surface area (Å²) in [5.74, 6) is -3.91. The van der Waals surface area contributed by atoms with Gasteiger partial charge in [-0.3, -0.25) is 4.90 Å². The predicted octanol–water partition coefficient (Wildman–Crippen LogP) is 8.00. The maximum Gasteiger partial charge on any atom is 0.417 e. The molecule has 4 saturated heterocycles. The van der Waals surface area contributed by atoms with E-state index in [1.54, 1.807) is 4.90 Å². The Morgan fingerprint density at radius 1 is 1.04 bits per heavy atom. The molecule has 0 aliphatic carbocycles. The van der Waals surface area contributed by atoms with Crippen molar-refractivity contribution < 1.29 is 48.6 Å². The van der Waals surface area contributed by atoms with Gasteiger partial charge in [-0.15, -0.1) is 0 Å². The summed E-state index contributed by atoms with van der Waals surface area (Å²) in [6.07, 6.45) is -10.4. The summed E-state index contributed by atoms with van der Waals surface area (Å²) >= 11 is 0. The number of fused-ring (bicyclic) bond motifs is 6. The summed E-state index contributed by atoms with van der Waals surface area (Å²) < 4.78 is 157. The number of nitrogens with one attached hydrogen (secondary N) is 1. The molecule has 17 heteroatoms. The Bertz CT molecular complexity index is 2080. The number of benzene rings is 2. The van der Waals surface area contributed by atoms with E-state index in [4.69, 9.17) is 10.5 Å². The van der Waals surface area contributed by atoms with Gasteiger partial charge >= 0.3 is 18.4 Å². The van der Waals surface area contributed by atoms with Gasteiger partial charge in [-0.1, -0.05) is 6.58 Å². The number of hydrogen-bond donors (Lipinski definition) is 2. The lowest BCUT2D eigenvalue weighted by molar-refractivity contribution is -0.139. The predicted molar refractivity (Wildman–Crippen MR) is 172 cm³/mol. The standard InChI is InChI=1S/C35H32F10N6O/c1-14-9-20-19-5-4-17(47-19)12-51(20)31-24-21(14)26(35(43,44)45)23(22-25(34(40,41)42)15(2)8-18(46)27(22)36)28(37)29(24)48-32(49-31)52-13-33-6-3-7-50(33)11-16(10-33)30(38)39/h8,17,19-20,47H,1,3-7,9-13,46H2,2H3/t17-,19?,20-,33+/m1/s1. The minimum Gasteiger partial charge on any atom is -0.461 e. The van der Waals surface area contributed by atoms with Crippen LogP contribution >= 0.6 is 0 Å². The Hall–Kier alpha value is -4.12. The Kier molecular flexibility index (Phi) is 7.85. The van der Waals surface area contributed by atoms with Gasteiger partial charge in [0.25, 0.3) is 6.08 Å². The first-order valence-corrected chi connectivity index (χ1v) is 16.8. The lowest BCUT2D eigenvalue weighted by atomic mass is 9.83. The van der Waals surface area contributed by atoms with Crippen LogP contribution in [0.25, 0.3) is 27.6 Å². The van der Waals surface area contributed by atoms with Crippen LogP contribution in [0.15, 0.2) is 24.3 Å². The smallest absolute Gasteiger partial charge is 0.417 e. The fraction of sp³-hybridized carbons (Fsp3) is 0.486. The van der Waals surface area contributed by atoms with Crippen molar-refractivity contribution in [2.24, 2.45) is 0 Å². The molecule has 0 saturated carbocycles. The number of nitrogen functional groups attached to an aromatic ring is 1. The van der Waals surface area contributed by atoms with Gasteiger partial charge in [0.1, 0.15) is 17.9 Å². The van der Waals surface area contributed by atoms with E-state index in [-0.39, 0.29) is 61.6 Å². The zero-order chi connectivity index (χ0) is 37.2. The highest BCUT2D eigenvalue weighted by Crippen LogP contribution is 2.55. The van der Waals surface area contributed by atoms with Crippen molar-refractivity contribution in [2.75, 3.05) is 36.9 Å². The van der Waals surface area contributed by atoms with E-state index < -0.39 is 97.6 Å². The molecule has 3 aromatic rings. The molecule has 1 unspecified atom stereocenters. The number of ether oxygens (including phenoxy) is 1. The third-order valence-electron chi connectivity index (χ3n) is 11.4. The lowest BCUT2D eigenvalue weighted by Gasteiger charge is -2.41. The Morgan fingerprint density at radius 3 is 2.44 bits per heavy atom. The number of hydrogen-bond acceptors (Lipinski definition) is 7. The maximum absolute atomic E-state index is 17.2.